The molecule has 0 aliphatic heterocycles. The van der Waals surface area contributed by atoms with E-state index in [1.807, 2.05) is 29.6 Å². The molecule has 0 unspecified atom stereocenters. The van der Waals surface area contributed by atoms with Gasteiger partial charge in [-0.3, -0.25) is 0 Å². The summed E-state index contributed by atoms with van der Waals surface area (Å²) >= 11 is 11.6. The average Bonchev–Trinajstić information content (AvgIpc) is 2.80. The lowest BCUT2D eigenvalue weighted by molar-refractivity contribution is 0.321. The van der Waals surface area contributed by atoms with Gasteiger partial charge in [0.1, 0.15) is 5.75 Å². The van der Waals surface area contributed by atoms with E-state index in [1.54, 1.807) is 11.3 Å². The van der Waals surface area contributed by atoms with Crippen molar-refractivity contribution in [2.45, 2.75) is 12.2 Å². The number of halogens is 1. The summed E-state index contributed by atoms with van der Waals surface area (Å²) in [6, 6.07) is 7.37. The molecule has 0 saturated carbocycles. The van der Waals surface area contributed by atoms with Crippen LogP contribution in [-0.4, -0.2) is 11.6 Å². The van der Waals surface area contributed by atoms with Gasteiger partial charge >= 0.3 is 0 Å². The zero-order chi connectivity index (χ0) is 12.1. The Labute approximate surface area is 115 Å². The second-order valence-electron chi connectivity index (χ2n) is 3.44. The number of hydrogen-bond acceptors (Lipinski definition) is 4. The highest BCUT2D eigenvalue weighted by molar-refractivity contribution is 7.79. The van der Waals surface area contributed by atoms with Gasteiger partial charge in [-0.15, -0.1) is 11.3 Å². The van der Waals surface area contributed by atoms with Crippen LogP contribution in [-0.2, 0) is 12.2 Å². The number of benzene rings is 1. The third kappa shape index (κ3) is 3.91. The van der Waals surface area contributed by atoms with Crippen LogP contribution in [0.3, 0.4) is 0 Å². The zero-order valence-corrected chi connectivity index (χ0v) is 11.6. The summed E-state index contributed by atoms with van der Waals surface area (Å²) in [4.78, 5) is 4.42. The fourth-order valence-electron chi connectivity index (χ4n) is 1.32. The second-order valence-corrected chi connectivity index (χ2v) is 5.14. The second kappa shape index (κ2) is 6.28. The van der Waals surface area contributed by atoms with Crippen molar-refractivity contribution in [2.24, 2.45) is 0 Å². The van der Waals surface area contributed by atoms with Gasteiger partial charge in [0.2, 0.25) is 0 Å². The first-order valence-corrected chi connectivity index (χ1v) is 7.09. The van der Waals surface area contributed by atoms with Crippen molar-refractivity contribution in [3.8, 4) is 5.75 Å². The van der Waals surface area contributed by atoms with E-state index in [-0.39, 0.29) is 0 Å². The van der Waals surface area contributed by atoms with Crippen molar-refractivity contribution in [1.82, 2.24) is 4.98 Å². The van der Waals surface area contributed by atoms with Crippen LogP contribution in [0.4, 0.5) is 0 Å². The summed E-state index contributed by atoms with van der Waals surface area (Å²) in [6.45, 7) is 0.626. The van der Waals surface area contributed by atoms with E-state index in [1.165, 1.54) is 0 Å². The monoisotopic (exact) mass is 285 g/mol. The summed E-state index contributed by atoms with van der Waals surface area (Å²) in [6.07, 6.45) is 0.821. The molecule has 1 aromatic heterocycles. The molecule has 0 saturated heterocycles. The molecular formula is C12H12ClNOS2. The predicted molar refractivity (Wildman–Crippen MR) is 75.5 cm³/mol. The van der Waals surface area contributed by atoms with Crippen molar-refractivity contribution >= 4 is 35.6 Å². The lowest BCUT2D eigenvalue weighted by atomic mass is 10.3. The molecule has 0 amide bonds. The number of thiazole rings is 1. The number of hydrogen-bond donors (Lipinski definition) is 1. The minimum atomic E-state index is 0.626. The summed E-state index contributed by atoms with van der Waals surface area (Å²) in [5.41, 5.74) is 1.03. The topological polar surface area (TPSA) is 22.1 Å². The number of nitrogens with zero attached hydrogens (tertiary/aromatic N) is 1. The van der Waals surface area contributed by atoms with E-state index in [0.717, 1.165) is 27.9 Å². The lowest BCUT2D eigenvalue weighted by Crippen LogP contribution is -2.01. The Hall–Kier alpha value is -0.710. The average molecular weight is 286 g/mol. The van der Waals surface area contributed by atoms with Gasteiger partial charge in [0.25, 0.3) is 0 Å². The quantitative estimate of drug-likeness (QED) is 0.843. The molecule has 0 bridgehead atoms. The van der Waals surface area contributed by atoms with E-state index in [9.17, 15) is 0 Å². The van der Waals surface area contributed by atoms with Gasteiger partial charge in [0.05, 0.1) is 17.3 Å². The number of ether oxygens (including phenoxy) is 1. The summed E-state index contributed by atoms with van der Waals surface area (Å²) in [5, 5.41) is 3.84. The third-order valence-corrected chi connectivity index (χ3v) is 3.69. The van der Waals surface area contributed by atoms with Crippen LogP contribution in [0.5, 0.6) is 5.75 Å². The molecule has 0 N–H and O–H groups in total. The third-order valence-electron chi connectivity index (χ3n) is 2.16. The Morgan fingerprint density at radius 2 is 2.06 bits per heavy atom. The minimum absolute atomic E-state index is 0.626. The van der Waals surface area contributed by atoms with Gasteiger partial charge in [-0.25, -0.2) is 4.98 Å². The number of thiol groups is 1. The first-order valence-electron chi connectivity index (χ1n) is 5.20. The predicted octanol–water partition coefficient (Wildman–Crippen LogP) is 3.85. The van der Waals surface area contributed by atoms with Crippen LogP contribution in [0.15, 0.2) is 29.6 Å². The van der Waals surface area contributed by atoms with E-state index >= 15 is 0 Å². The normalized spacial score (nSPS) is 10.5. The standard InChI is InChI=1S/C12H12ClNOS2/c13-9-1-3-11(4-2-9)15-6-5-12-14-10(7-16)8-17-12/h1-4,8,16H,5-7H2. The Morgan fingerprint density at radius 1 is 1.29 bits per heavy atom. The molecule has 0 aliphatic rings. The van der Waals surface area contributed by atoms with E-state index in [0.29, 0.717) is 12.4 Å². The maximum Gasteiger partial charge on any atom is 0.119 e. The van der Waals surface area contributed by atoms with Crippen LogP contribution >= 0.6 is 35.6 Å². The van der Waals surface area contributed by atoms with E-state index in [2.05, 4.69) is 17.6 Å². The van der Waals surface area contributed by atoms with E-state index < -0.39 is 0 Å². The highest BCUT2D eigenvalue weighted by atomic mass is 35.5. The molecule has 2 rings (SSSR count). The fourth-order valence-corrected chi connectivity index (χ4v) is 2.51. The molecule has 0 aliphatic carbocycles. The van der Waals surface area contributed by atoms with Gasteiger partial charge in [-0.2, -0.15) is 12.6 Å². The van der Waals surface area contributed by atoms with Crippen molar-refractivity contribution in [2.75, 3.05) is 6.61 Å². The summed E-state index contributed by atoms with van der Waals surface area (Å²) in [7, 11) is 0. The maximum absolute atomic E-state index is 5.79. The van der Waals surface area contributed by atoms with Gasteiger partial charge in [0, 0.05) is 22.6 Å². The Kier molecular flexibility index (Phi) is 4.71. The molecule has 0 spiro atoms. The first-order chi connectivity index (χ1) is 8.28. The van der Waals surface area contributed by atoms with Crippen LogP contribution in [0, 0.1) is 0 Å². The van der Waals surface area contributed by atoms with Crippen molar-refractivity contribution in [3.63, 3.8) is 0 Å². The van der Waals surface area contributed by atoms with Crippen molar-refractivity contribution in [3.05, 3.63) is 45.4 Å². The van der Waals surface area contributed by atoms with Crippen molar-refractivity contribution in [1.29, 1.82) is 0 Å². The van der Waals surface area contributed by atoms with Crippen LogP contribution in [0.1, 0.15) is 10.7 Å². The smallest absolute Gasteiger partial charge is 0.119 e. The highest BCUT2D eigenvalue weighted by Gasteiger charge is 2.01. The molecule has 5 heteroatoms. The molecule has 1 aromatic carbocycles. The fraction of sp³-hybridized carbons (Fsp3) is 0.250. The van der Waals surface area contributed by atoms with Crippen molar-refractivity contribution < 1.29 is 4.74 Å². The highest BCUT2D eigenvalue weighted by Crippen LogP contribution is 2.16. The van der Waals surface area contributed by atoms with Gasteiger partial charge in [-0.05, 0) is 24.3 Å². The largest absolute Gasteiger partial charge is 0.493 e. The summed E-state index contributed by atoms with van der Waals surface area (Å²) < 4.78 is 5.60. The molecule has 2 nitrogen and oxygen atoms in total. The minimum Gasteiger partial charge on any atom is -0.493 e. The first kappa shape index (κ1) is 12.7. The number of aromatic nitrogens is 1. The maximum atomic E-state index is 5.79. The Morgan fingerprint density at radius 3 is 2.71 bits per heavy atom. The summed E-state index contributed by atoms with van der Waals surface area (Å²) in [5.74, 6) is 1.52. The molecule has 90 valence electrons. The molecule has 0 radical (unpaired) electrons. The molecular weight excluding hydrogens is 274 g/mol. The van der Waals surface area contributed by atoms with Gasteiger partial charge < -0.3 is 4.74 Å². The zero-order valence-electron chi connectivity index (χ0n) is 9.10. The van der Waals surface area contributed by atoms with Crippen LogP contribution < -0.4 is 4.74 Å². The molecule has 0 atom stereocenters. The van der Waals surface area contributed by atoms with Gasteiger partial charge in [0.15, 0.2) is 0 Å². The number of rotatable bonds is 5. The Bertz CT molecular complexity index is 470. The Balaban J connectivity index is 1.81. The SMILES string of the molecule is SCc1csc(CCOc2ccc(Cl)cc2)n1. The van der Waals surface area contributed by atoms with Crippen LogP contribution in [0.25, 0.3) is 0 Å². The molecule has 0 fully saturated rings. The van der Waals surface area contributed by atoms with Gasteiger partial charge in [-0.1, -0.05) is 11.6 Å². The van der Waals surface area contributed by atoms with E-state index in [4.69, 9.17) is 16.3 Å². The lowest BCUT2D eigenvalue weighted by Gasteiger charge is -2.04. The van der Waals surface area contributed by atoms with Crippen LogP contribution in [0.2, 0.25) is 5.02 Å². The molecule has 17 heavy (non-hydrogen) atoms. The molecule has 1 heterocycles. The molecule has 2 aromatic rings.